The van der Waals surface area contributed by atoms with Crippen LogP contribution in [0.4, 0.5) is 24.5 Å². The second-order valence-electron chi connectivity index (χ2n) is 8.76. The maximum absolute atomic E-state index is 13.4. The highest BCUT2D eigenvalue weighted by molar-refractivity contribution is 7.99. The average molecular weight is 498 g/mol. The molecular weight excluding hydrogens is 471 g/mol. The SMILES string of the molecule is O=C(c1ccccc1)N1CCN(CCCN2c3ccccc3Sc3ccc(C(F)(F)F)cc32)CC1. The summed E-state index contributed by atoms with van der Waals surface area (Å²) in [5, 5.41) is 0. The number of rotatable bonds is 5. The lowest BCUT2D eigenvalue weighted by atomic mass is 10.1. The van der Waals surface area contributed by atoms with Crippen LogP contribution in [0.25, 0.3) is 0 Å². The zero-order valence-corrected chi connectivity index (χ0v) is 20.0. The lowest BCUT2D eigenvalue weighted by molar-refractivity contribution is -0.137. The second kappa shape index (κ2) is 9.95. The zero-order chi connectivity index (χ0) is 24.4. The van der Waals surface area contributed by atoms with Gasteiger partial charge in [0.05, 0.1) is 16.9 Å². The van der Waals surface area contributed by atoms with E-state index in [0.29, 0.717) is 30.9 Å². The number of hydrogen-bond acceptors (Lipinski definition) is 4. The number of carbonyl (C=O) groups is 1. The van der Waals surface area contributed by atoms with Crippen molar-refractivity contribution in [2.75, 3.05) is 44.2 Å². The molecule has 2 heterocycles. The number of benzene rings is 3. The van der Waals surface area contributed by atoms with Crippen molar-refractivity contribution in [2.45, 2.75) is 22.4 Å². The van der Waals surface area contributed by atoms with Crippen molar-refractivity contribution >= 4 is 29.0 Å². The van der Waals surface area contributed by atoms with Crippen molar-refractivity contribution in [1.82, 2.24) is 9.80 Å². The fraction of sp³-hybridized carbons (Fsp3) is 0.296. The van der Waals surface area contributed by atoms with E-state index < -0.39 is 11.7 Å². The molecule has 0 radical (unpaired) electrons. The molecule has 0 atom stereocenters. The van der Waals surface area contributed by atoms with E-state index in [-0.39, 0.29) is 5.91 Å². The second-order valence-corrected chi connectivity index (χ2v) is 9.84. The summed E-state index contributed by atoms with van der Waals surface area (Å²) < 4.78 is 40.2. The number of amides is 1. The van der Waals surface area contributed by atoms with Gasteiger partial charge in [0.2, 0.25) is 0 Å². The van der Waals surface area contributed by atoms with Gasteiger partial charge in [-0.1, -0.05) is 42.1 Å². The quantitative estimate of drug-likeness (QED) is 0.422. The Hall–Kier alpha value is -2.97. The Bertz CT molecular complexity index is 1190. The molecule has 2 aliphatic heterocycles. The van der Waals surface area contributed by atoms with E-state index in [0.717, 1.165) is 47.6 Å². The largest absolute Gasteiger partial charge is 0.416 e. The molecule has 0 unspecified atom stereocenters. The maximum atomic E-state index is 13.4. The van der Waals surface area contributed by atoms with Gasteiger partial charge in [-0.25, -0.2) is 0 Å². The average Bonchev–Trinajstić information content (AvgIpc) is 2.88. The number of carbonyl (C=O) groups excluding carboxylic acids is 1. The van der Waals surface area contributed by atoms with Crippen molar-refractivity contribution in [3.63, 3.8) is 0 Å². The highest BCUT2D eigenvalue weighted by Crippen LogP contribution is 2.49. The summed E-state index contributed by atoms with van der Waals surface area (Å²) in [6, 6.07) is 21.2. The van der Waals surface area contributed by atoms with Crippen LogP contribution in [0.3, 0.4) is 0 Å². The highest BCUT2D eigenvalue weighted by Gasteiger charge is 2.33. The number of fused-ring (bicyclic) bond motifs is 2. The standard InChI is InChI=1S/C27H26F3N3OS/c28-27(29,30)21-11-12-25-23(19-21)33(22-9-4-5-10-24(22)35-25)14-6-13-31-15-17-32(18-16-31)26(34)20-7-2-1-3-8-20/h1-5,7-12,19H,6,13-18H2. The molecular formula is C27H26F3N3OS. The molecule has 1 saturated heterocycles. The molecule has 0 aliphatic carbocycles. The van der Waals surface area contributed by atoms with Crippen LogP contribution < -0.4 is 4.90 Å². The van der Waals surface area contributed by atoms with Gasteiger partial charge in [-0.2, -0.15) is 13.2 Å². The van der Waals surface area contributed by atoms with E-state index in [4.69, 9.17) is 0 Å². The van der Waals surface area contributed by atoms with E-state index in [2.05, 4.69) is 4.90 Å². The molecule has 0 saturated carbocycles. The molecule has 3 aromatic carbocycles. The molecule has 5 rings (SSSR count). The smallest absolute Gasteiger partial charge is 0.340 e. The van der Waals surface area contributed by atoms with Gasteiger partial charge >= 0.3 is 6.18 Å². The lowest BCUT2D eigenvalue weighted by Crippen LogP contribution is -2.49. The Balaban J connectivity index is 1.23. The topological polar surface area (TPSA) is 26.8 Å². The summed E-state index contributed by atoms with van der Waals surface area (Å²) in [6.45, 7) is 4.38. The minimum Gasteiger partial charge on any atom is -0.340 e. The number of piperazine rings is 1. The fourth-order valence-corrected chi connectivity index (χ4v) is 5.71. The summed E-state index contributed by atoms with van der Waals surface area (Å²) in [7, 11) is 0. The van der Waals surface area contributed by atoms with Crippen LogP contribution >= 0.6 is 11.8 Å². The summed E-state index contributed by atoms with van der Waals surface area (Å²) >= 11 is 1.51. The van der Waals surface area contributed by atoms with Gasteiger partial charge in [0.1, 0.15) is 0 Å². The first kappa shape index (κ1) is 23.8. The normalized spacial score (nSPS) is 16.1. The van der Waals surface area contributed by atoms with Crippen molar-refractivity contribution in [3.05, 3.63) is 83.9 Å². The van der Waals surface area contributed by atoms with Crippen molar-refractivity contribution in [2.24, 2.45) is 0 Å². The van der Waals surface area contributed by atoms with Crippen LogP contribution in [0.2, 0.25) is 0 Å². The molecule has 35 heavy (non-hydrogen) atoms. The van der Waals surface area contributed by atoms with E-state index >= 15 is 0 Å². The van der Waals surface area contributed by atoms with Crippen molar-refractivity contribution < 1.29 is 18.0 Å². The minimum absolute atomic E-state index is 0.0600. The number of alkyl halides is 3. The predicted octanol–water partition coefficient (Wildman–Crippen LogP) is 6.16. The first-order chi connectivity index (χ1) is 16.9. The molecule has 0 N–H and O–H groups in total. The van der Waals surface area contributed by atoms with E-state index in [1.807, 2.05) is 64.4 Å². The number of para-hydroxylation sites is 1. The molecule has 4 nitrogen and oxygen atoms in total. The Labute approximate surface area is 207 Å². The van der Waals surface area contributed by atoms with Crippen LogP contribution in [0, 0.1) is 0 Å². The third-order valence-corrected chi connectivity index (χ3v) is 7.62. The molecule has 0 spiro atoms. The molecule has 1 amide bonds. The van der Waals surface area contributed by atoms with E-state index in [1.54, 1.807) is 6.07 Å². The van der Waals surface area contributed by atoms with Crippen LogP contribution in [0.5, 0.6) is 0 Å². The molecule has 8 heteroatoms. The molecule has 1 fully saturated rings. The third kappa shape index (κ3) is 5.18. The van der Waals surface area contributed by atoms with Gasteiger partial charge in [0.25, 0.3) is 5.91 Å². The minimum atomic E-state index is -4.38. The zero-order valence-electron chi connectivity index (χ0n) is 19.2. The van der Waals surface area contributed by atoms with E-state index in [9.17, 15) is 18.0 Å². The monoisotopic (exact) mass is 497 g/mol. The Kier molecular flexibility index (Phi) is 6.75. The Morgan fingerprint density at radius 1 is 0.800 bits per heavy atom. The first-order valence-electron chi connectivity index (χ1n) is 11.7. The van der Waals surface area contributed by atoms with Crippen LogP contribution in [-0.2, 0) is 6.18 Å². The maximum Gasteiger partial charge on any atom is 0.416 e. The van der Waals surface area contributed by atoms with Gasteiger partial charge < -0.3 is 9.80 Å². The summed E-state index contributed by atoms with van der Waals surface area (Å²) in [5.74, 6) is 0.0600. The van der Waals surface area contributed by atoms with E-state index in [1.165, 1.54) is 17.8 Å². The fourth-order valence-electron chi connectivity index (χ4n) is 4.64. The van der Waals surface area contributed by atoms with Crippen molar-refractivity contribution in [1.29, 1.82) is 0 Å². The molecule has 2 aliphatic rings. The third-order valence-electron chi connectivity index (χ3n) is 6.49. The van der Waals surface area contributed by atoms with Crippen LogP contribution in [0.15, 0.2) is 82.6 Å². The molecule has 182 valence electrons. The van der Waals surface area contributed by atoms with Gasteiger partial charge in [-0.05, 0) is 55.4 Å². The van der Waals surface area contributed by atoms with Crippen LogP contribution in [-0.4, -0.2) is 55.0 Å². The number of hydrogen-bond donors (Lipinski definition) is 0. The van der Waals surface area contributed by atoms with Gasteiger partial charge in [0.15, 0.2) is 0 Å². The summed E-state index contributed by atoms with van der Waals surface area (Å²) in [5.41, 5.74) is 1.64. The highest BCUT2D eigenvalue weighted by atomic mass is 32.2. The number of anilines is 2. The van der Waals surface area contributed by atoms with Crippen molar-refractivity contribution in [3.8, 4) is 0 Å². The van der Waals surface area contributed by atoms with Gasteiger partial charge in [-0.15, -0.1) is 0 Å². The lowest BCUT2D eigenvalue weighted by Gasteiger charge is -2.36. The van der Waals surface area contributed by atoms with Gasteiger partial charge in [0, 0.05) is 48.1 Å². The molecule has 0 aromatic heterocycles. The Morgan fingerprint density at radius 2 is 1.49 bits per heavy atom. The number of halogens is 3. The van der Waals surface area contributed by atoms with Crippen LogP contribution in [0.1, 0.15) is 22.3 Å². The van der Waals surface area contributed by atoms with Gasteiger partial charge in [-0.3, -0.25) is 9.69 Å². The first-order valence-corrected chi connectivity index (χ1v) is 12.5. The number of nitrogens with zero attached hydrogens (tertiary/aromatic N) is 3. The summed E-state index contributed by atoms with van der Waals surface area (Å²) in [6.07, 6.45) is -3.57. The predicted molar refractivity (Wildman–Crippen MR) is 132 cm³/mol. The summed E-state index contributed by atoms with van der Waals surface area (Å²) in [4.78, 5) is 20.8. The molecule has 0 bridgehead atoms. The molecule has 3 aromatic rings. The Morgan fingerprint density at radius 3 is 2.23 bits per heavy atom.